The number of aliphatic hydroxyl groups is 1. The minimum Gasteiger partial charge on any atom is -0.497 e. The average molecular weight is 567 g/mol. The third-order valence-corrected chi connectivity index (χ3v) is 8.69. The van der Waals surface area contributed by atoms with Crippen LogP contribution < -0.4 is 28.4 Å². The van der Waals surface area contributed by atoms with Gasteiger partial charge in [0.05, 0.1) is 20.1 Å². The summed E-state index contributed by atoms with van der Waals surface area (Å²) in [5.74, 6) is 2.24. The van der Waals surface area contributed by atoms with Gasteiger partial charge in [0, 0.05) is 11.5 Å². The van der Waals surface area contributed by atoms with Gasteiger partial charge in [0.2, 0.25) is 13.6 Å². The van der Waals surface area contributed by atoms with Gasteiger partial charge >= 0.3 is 0 Å². The Morgan fingerprint density at radius 2 is 1.24 bits per heavy atom. The molecule has 0 amide bonds. The van der Waals surface area contributed by atoms with E-state index in [-0.39, 0.29) is 25.3 Å². The highest BCUT2D eigenvalue weighted by molar-refractivity contribution is 6.00. The second kappa shape index (κ2) is 10.3. The quantitative estimate of drug-likeness (QED) is 0.280. The molecule has 0 aromatic heterocycles. The topological polar surface area (TPSA) is 92.7 Å². The highest BCUT2D eigenvalue weighted by atomic mass is 16.7. The molecule has 8 nitrogen and oxygen atoms in total. The van der Waals surface area contributed by atoms with Gasteiger partial charge in [0.25, 0.3) is 0 Å². The van der Waals surface area contributed by atoms with Gasteiger partial charge in [-0.3, -0.25) is 4.79 Å². The zero-order valence-electron chi connectivity index (χ0n) is 23.2. The van der Waals surface area contributed by atoms with E-state index in [0.29, 0.717) is 52.0 Å². The first kappa shape index (κ1) is 26.2. The van der Waals surface area contributed by atoms with Crippen LogP contribution in [0.5, 0.6) is 34.5 Å². The van der Waals surface area contributed by atoms with Crippen molar-refractivity contribution in [2.24, 2.45) is 5.92 Å². The second-order valence-electron chi connectivity index (χ2n) is 10.8. The number of Topliss-reactive ketones (excluding diaryl/α,β-unsaturated/α-hetero) is 1. The van der Waals surface area contributed by atoms with E-state index in [0.717, 1.165) is 11.1 Å². The van der Waals surface area contributed by atoms with E-state index in [4.69, 9.17) is 28.4 Å². The lowest BCUT2D eigenvalue weighted by molar-refractivity contribution is -0.000295. The van der Waals surface area contributed by atoms with Crippen molar-refractivity contribution in [1.29, 1.82) is 0 Å². The van der Waals surface area contributed by atoms with Crippen LogP contribution in [0.25, 0.3) is 0 Å². The van der Waals surface area contributed by atoms with Gasteiger partial charge in [0.1, 0.15) is 17.1 Å². The number of ether oxygens (including phenoxy) is 6. The monoisotopic (exact) mass is 566 g/mol. The molecule has 0 spiro atoms. The number of rotatable bonds is 7. The van der Waals surface area contributed by atoms with Crippen LogP contribution in [0.1, 0.15) is 45.3 Å². The van der Waals surface area contributed by atoms with Gasteiger partial charge in [-0.2, -0.15) is 0 Å². The second-order valence-corrected chi connectivity index (χ2v) is 10.8. The number of ketones is 1. The first-order chi connectivity index (χ1) is 20.5. The molecule has 2 heterocycles. The van der Waals surface area contributed by atoms with Crippen molar-refractivity contribution in [1.82, 2.24) is 0 Å². The molecular weight excluding hydrogens is 536 g/mol. The Balaban J connectivity index is 1.41. The van der Waals surface area contributed by atoms with E-state index in [1.54, 1.807) is 38.5 Å². The molecule has 2 aliphatic heterocycles. The van der Waals surface area contributed by atoms with Crippen LogP contribution in [0.15, 0.2) is 84.9 Å². The highest BCUT2D eigenvalue weighted by Gasteiger charge is 2.57. The summed E-state index contributed by atoms with van der Waals surface area (Å²) in [5, 5.41) is 12.8. The van der Waals surface area contributed by atoms with Crippen LogP contribution in [-0.2, 0) is 5.60 Å². The number of fused-ring (bicyclic) bond motifs is 2. The zero-order chi connectivity index (χ0) is 28.8. The summed E-state index contributed by atoms with van der Waals surface area (Å²) in [6.07, 6.45) is 0.296. The van der Waals surface area contributed by atoms with Crippen LogP contribution in [-0.4, -0.2) is 38.7 Å². The molecule has 0 bridgehead atoms. The van der Waals surface area contributed by atoms with Crippen molar-refractivity contribution >= 4 is 5.78 Å². The van der Waals surface area contributed by atoms with Gasteiger partial charge < -0.3 is 33.5 Å². The lowest BCUT2D eigenvalue weighted by Crippen LogP contribution is -2.38. The summed E-state index contributed by atoms with van der Waals surface area (Å²) in [4.78, 5) is 14.6. The van der Waals surface area contributed by atoms with Crippen molar-refractivity contribution in [2.75, 3.05) is 27.8 Å². The number of hydrogen-bond acceptors (Lipinski definition) is 8. The SMILES string of the molecule is COc1ccc(C(=O)[C@H]2[C@H](c3ccc4c(c3)OCO4)[C@@H](c3ccc4c(c3)OCO4)C[C@@]2(O)c2ccc(OC)cc2)cc1. The Morgan fingerprint density at radius 1 is 0.714 bits per heavy atom. The fourth-order valence-electron chi connectivity index (χ4n) is 6.62. The summed E-state index contributed by atoms with van der Waals surface area (Å²) in [6.45, 7) is 0.294. The first-order valence-electron chi connectivity index (χ1n) is 13.8. The molecule has 7 rings (SSSR count). The maximum atomic E-state index is 14.6. The van der Waals surface area contributed by atoms with Gasteiger partial charge in [-0.25, -0.2) is 0 Å². The van der Waals surface area contributed by atoms with E-state index in [9.17, 15) is 9.90 Å². The lowest BCUT2D eigenvalue weighted by Gasteiger charge is -2.33. The molecule has 4 atom stereocenters. The number of methoxy groups -OCH3 is 2. The van der Waals surface area contributed by atoms with Gasteiger partial charge in [-0.05, 0) is 89.7 Å². The summed E-state index contributed by atoms with van der Waals surface area (Å²) in [5.41, 5.74) is 1.44. The smallest absolute Gasteiger partial charge is 0.231 e. The van der Waals surface area contributed by atoms with Gasteiger partial charge in [-0.1, -0.05) is 24.3 Å². The molecule has 0 saturated heterocycles. The molecule has 8 heteroatoms. The molecule has 1 saturated carbocycles. The van der Waals surface area contributed by atoms with Crippen molar-refractivity contribution in [3.05, 3.63) is 107 Å². The zero-order valence-corrected chi connectivity index (χ0v) is 23.2. The van der Waals surface area contributed by atoms with E-state index in [1.165, 1.54) is 0 Å². The first-order valence-corrected chi connectivity index (χ1v) is 13.8. The summed E-state index contributed by atoms with van der Waals surface area (Å²) in [6, 6.07) is 25.9. The van der Waals surface area contributed by atoms with Crippen molar-refractivity contribution < 1.29 is 38.3 Å². The van der Waals surface area contributed by atoms with Crippen molar-refractivity contribution in [3.63, 3.8) is 0 Å². The third-order valence-electron chi connectivity index (χ3n) is 8.69. The Bertz CT molecular complexity index is 1630. The molecule has 42 heavy (non-hydrogen) atoms. The predicted octanol–water partition coefficient (Wildman–Crippen LogP) is 5.82. The minimum absolute atomic E-state index is 0.138. The largest absolute Gasteiger partial charge is 0.497 e. The number of hydrogen-bond donors (Lipinski definition) is 1. The minimum atomic E-state index is -1.51. The maximum absolute atomic E-state index is 14.6. The molecule has 0 unspecified atom stereocenters. The summed E-state index contributed by atoms with van der Waals surface area (Å²) >= 11 is 0. The van der Waals surface area contributed by atoms with Crippen LogP contribution in [0.4, 0.5) is 0 Å². The molecule has 1 fully saturated rings. The molecule has 214 valence electrons. The molecular formula is C34H30O8. The third kappa shape index (κ3) is 4.30. The maximum Gasteiger partial charge on any atom is 0.231 e. The Morgan fingerprint density at radius 3 is 1.83 bits per heavy atom. The van der Waals surface area contributed by atoms with Crippen LogP contribution in [0, 0.1) is 5.92 Å². The molecule has 1 aliphatic carbocycles. The fourth-order valence-corrected chi connectivity index (χ4v) is 6.62. The fraction of sp³-hybridized carbons (Fsp3) is 0.265. The predicted molar refractivity (Wildman–Crippen MR) is 153 cm³/mol. The number of benzene rings is 4. The Labute approximate surface area is 243 Å². The molecule has 3 aliphatic rings. The van der Waals surface area contributed by atoms with Gasteiger partial charge in [-0.15, -0.1) is 0 Å². The lowest BCUT2D eigenvalue weighted by atomic mass is 9.73. The average Bonchev–Trinajstić information content (AvgIpc) is 3.77. The van der Waals surface area contributed by atoms with Crippen molar-refractivity contribution in [3.8, 4) is 34.5 Å². The Kier molecular flexibility index (Phi) is 6.43. The summed E-state index contributed by atoms with van der Waals surface area (Å²) < 4.78 is 33.3. The van der Waals surface area contributed by atoms with Crippen LogP contribution in [0.2, 0.25) is 0 Å². The van der Waals surface area contributed by atoms with E-state index in [1.807, 2.05) is 60.7 Å². The molecule has 4 aromatic rings. The highest BCUT2D eigenvalue weighted by Crippen LogP contribution is 2.60. The van der Waals surface area contributed by atoms with E-state index >= 15 is 0 Å². The van der Waals surface area contributed by atoms with Crippen molar-refractivity contribution in [2.45, 2.75) is 23.9 Å². The molecule has 4 aromatic carbocycles. The van der Waals surface area contributed by atoms with Crippen LogP contribution in [0.3, 0.4) is 0 Å². The molecule has 0 radical (unpaired) electrons. The molecule has 1 N–H and O–H groups in total. The van der Waals surface area contributed by atoms with Crippen LogP contribution >= 0.6 is 0 Å². The van der Waals surface area contributed by atoms with E-state index < -0.39 is 17.4 Å². The van der Waals surface area contributed by atoms with E-state index in [2.05, 4.69) is 0 Å². The Hall–Kier alpha value is -4.69. The number of carbonyl (C=O) groups is 1. The summed E-state index contributed by atoms with van der Waals surface area (Å²) in [7, 11) is 3.18. The standard InChI is InChI=1S/C34H30O8/c1-37-24-9-3-20(4-10-24)33(35)32-31(22-6-14-28-30(16-22)42-19-40-28)26(21-5-13-27-29(15-21)41-18-39-27)17-34(32,36)23-7-11-25(38-2)12-8-23/h3-16,26,31-32,36H,17-19H2,1-2H3/t26-,31-,32-,34-/m1/s1. The number of carbonyl (C=O) groups excluding carboxylic acids is 1. The normalized spacial score (nSPS) is 23.5. The van der Waals surface area contributed by atoms with Gasteiger partial charge in [0.15, 0.2) is 28.8 Å².